The Balaban J connectivity index is 0.00000261. The number of morpholine rings is 1. The van der Waals surface area contributed by atoms with E-state index in [4.69, 9.17) is 14.6 Å². The van der Waals surface area contributed by atoms with Crippen LogP contribution in [-0.4, -0.2) is 55.4 Å². The third-order valence-electron chi connectivity index (χ3n) is 4.28. The molecule has 0 radical (unpaired) electrons. The minimum Gasteiger partial charge on any atom is -0.492 e. The Morgan fingerprint density at radius 2 is 1.89 bits per heavy atom. The van der Waals surface area contributed by atoms with Crippen molar-refractivity contribution in [2.24, 2.45) is 0 Å². The van der Waals surface area contributed by atoms with E-state index in [9.17, 15) is 4.79 Å². The second-order valence-corrected chi connectivity index (χ2v) is 6.10. The van der Waals surface area contributed by atoms with Crippen molar-refractivity contribution in [1.29, 1.82) is 0 Å². The van der Waals surface area contributed by atoms with Crippen LogP contribution in [0, 0.1) is 0 Å². The molecular formula is C21H24ClNO4. The molecule has 0 atom stereocenters. The Morgan fingerprint density at radius 3 is 2.67 bits per heavy atom. The number of carboxylic acids is 1. The fourth-order valence-electron chi connectivity index (χ4n) is 2.82. The first kappa shape index (κ1) is 21.0. The van der Waals surface area contributed by atoms with Crippen molar-refractivity contribution in [2.75, 3.05) is 39.5 Å². The summed E-state index contributed by atoms with van der Waals surface area (Å²) in [5, 5.41) is 9.09. The number of aromatic carboxylic acids is 1. The van der Waals surface area contributed by atoms with Crippen LogP contribution in [0.2, 0.25) is 0 Å². The Hall–Kier alpha value is -2.34. The normalized spacial score (nSPS) is 14.7. The standard InChI is InChI=1S/C21H23NO4.ClH/c23-21(24)19-6-3-4-17(16-19)8-9-18-5-1-2-7-20(18)26-15-12-22-10-13-25-14-11-22;/h1-9,16H,10-15H2,(H,23,24);1H/b9-8+;. The quantitative estimate of drug-likeness (QED) is 0.732. The zero-order valence-electron chi connectivity index (χ0n) is 15.0. The van der Waals surface area contributed by atoms with Crippen molar-refractivity contribution >= 4 is 30.5 Å². The molecule has 1 aliphatic heterocycles. The Labute approximate surface area is 165 Å². The predicted octanol–water partition coefficient (Wildman–Crippen LogP) is 3.69. The Kier molecular flexibility index (Phi) is 8.33. The fourth-order valence-corrected chi connectivity index (χ4v) is 2.82. The number of hydrogen-bond donors (Lipinski definition) is 1. The Bertz CT molecular complexity index is 772. The van der Waals surface area contributed by atoms with Crippen molar-refractivity contribution in [3.05, 3.63) is 65.2 Å². The van der Waals surface area contributed by atoms with Crippen LogP contribution in [0.5, 0.6) is 5.75 Å². The molecule has 0 saturated carbocycles. The van der Waals surface area contributed by atoms with Gasteiger partial charge in [0, 0.05) is 25.2 Å². The Morgan fingerprint density at radius 1 is 1.11 bits per heavy atom. The van der Waals surface area contributed by atoms with Gasteiger partial charge in [0.2, 0.25) is 0 Å². The van der Waals surface area contributed by atoms with Crippen molar-refractivity contribution in [3.8, 4) is 5.75 Å². The van der Waals surface area contributed by atoms with Crippen LogP contribution in [-0.2, 0) is 4.74 Å². The van der Waals surface area contributed by atoms with Gasteiger partial charge in [-0.2, -0.15) is 0 Å². The summed E-state index contributed by atoms with van der Waals surface area (Å²) >= 11 is 0. The summed E-state index contributed by atoms with van der Waals surface area (Å²) < 4.78 is 11.3. The van der Waals surface area contributed by atoms with Crippen LogP contribution >= 0.6 is 12.4 Å². The third-order valence-corrected chi connectivity index (χ3v) is 4.28. The maximum atomic E-state index is 11.1. The van der Waals surface area contributed by atoms with Crippen LogP contribution in [0.3, 0.4) is 0 Å². The van der Waals surface area contributed by atoms with E-state index in [1.807, 2.05) is 42.5 Å². The van der Waals surface area contributed by atoms with Gasteiger partial charge < -0.3 is 14.6 Å². The van der Waals surface area contributed by atoms with E-state index in [2.05, 4.69) is 4.90 Å². The summed E-state index contributed by atoms with van der Waals surface area (Å²) in [6.45, 7) is 4.97. The fraction of sp³-hybridized carbons (Fsp3) is 0.286. The molecule has 0 aliphatic carbocycles. The highest BCUT2D eigenvalue weighted by Crippen LogP contribution is 2.21. The molecule has 0 bridgehead atoms. The van der Waals surface area contributed by atoms with Gasteiger partial charge in [-0.15, -0.1) is 12.4 Å². The average Bonchev–Trinajstić information content (AvgIpc) is 2.68. The third kappa shape index (κ3) is 6.40. The van der Waals surface area contributed by atoms with Crippen LogP contribution in [0.25, 0.3) is 12.2 Å². The van der Waals surface area contributed by atoms with Crippen LogP contribution in [0.1, 0.15) is 21.5 Å². The van der Waals surface area contributed by atoms with E-state index in [1.165, 1.54) is 0 Å². The lowest BCUT2D eigenvalue weighted by Crippen LogP contribution is -2.38. The zero-order valence-corrected chi connectivity index (χ0v) is 15.9. The van der Waals surface area contributed by atoms with Gasteiger partial charge in [-0.25, -0.2) is 4.79 Å². The summed E-state index contributed by atoms with van der Waals surface area (Å²) in [6.07, 6.45) is 3.85. The second-order valence-electron chi connectivity index (χ2n) is 6.10. The molecule has 0 amide bonds. The van der Waals surface area contributed by atoms with Gasteiger partial charge in [0.15, 0.2) is 0 Å². The number of benzene rings is 2. The minimum absolute atomic E-state index is 0. The van der Waals surface area contributed by atoms with Crippen molar-refractivity contribution in [1.82, 2.24) is 4.90 Å². The monoisotopic (exact) mass is 389 g/mol. The number of carboxylic acid groups (broad SMARTS) is 1. The molecule has 1 N–H and O–H groups in total. The number of carbonyl (C=O) groups is 1. The maximum absolute atomic E-state index is 11.1. The zero-order chi connectivity index (χ0) is 18.2. The number of halogens is 1. The highest BCUT2D eigenvalue weighted by molar-refractivity contribution is 5.88. The van der Waals surface area contributed by atoms with Gasteiger partial charge in [-0.1, -0.05) is 42.5 Å². The van der Waals surface area contributed by atoms with E-state index in [-0.39, 0.29) is 18.0 Å². The molecule has 0 unspecified atom stereocenters. The lowest BCUT2D eigenvalue weighted by atomic mass is 10.1. The molecule has 5 nitrogen and oxygen atoms in total. The van der Waals surface area contributed by atoms with Crippen LogP contribution < -0.4 is 4.74 Å². The van der Waals surface area contributed by atoms with E-state index >= 15 is 0 Å². The van der Waals surface area contributed by atoms with Gasteiger partial charge in [0.05, 0.1) is 18.8 Å². The maximum Gasteiger partial charge on any atom is 0.335 e. The number of hydrogen-bond acceptors (Lipinski definition) is 4. The largest absolute Gasteiger partial charge is 0.492 e. The summed E-state index contributed by atoms with van der Waals surface area (Å²) in [4.78, 5) is 13.4. The number of ether oxygens (including phenoxy) is 2. The van der Waals surface area contributed by atoms with Crippen LogP contribution in [0.4, 0.5) is 0 Å². The van der Waals surface area contributed by atoms with Crippen molar-refractivity contribution in [2.45, 2.75) is 0 Å². The summed E-state index contributed by atoms with van der Waals surface area (Å²) in [5.74, 6) is -0.0986. The topological polar surface area (TPSA) is 59.0 Å². The second kappa shape index (κ2) is 10.7. The molecule has 0 spiro atoms. The van der Waals surface area contributed by atoms with Crippen molar-refractivity contribution < 1.29 is 19.4 Å². The lowest BCUT2D eigenvalue weighted by molar-refractivity contribution is 0.0322. The molecule has 6 heteroatoms. The molecule has 3 rings (SSSR count). The molecule has 144 valence electrons. The summed E-state index contributed by atoms with van der Waals surface area (Å²) in [7, 11) is 0. The molecule has 2 aromatic rings. The van der Waals surface area contributed by atoms with E-state index in [0.29, 0.717) is 6.61 Å². The van der Waals surface area contributed by atoms with Gasteiger partial charge in [-0.05, 0) is 23.8 Å². The van der Waals surface area contributed by atoms with E-state index in [0.717, 1.165) is 49.7 Å². The molecule has 1 heterocycles. The van der Waals surface area contributed by atoms with Gasteiger partial charge in [0.1, 0.15) is 12.4 Å². The molecular weight excluding hydrogens is 366 g/mol. The highest BCUT2D eigenvalue weighted by Gasteiger charge is 2.10. The lowest BCUT2D eigenvalue weighted by Gasteiger charge is -2.26. The summed E-state index contributed by atoms with van der Waals surface area (Å²) in [6, 6.07) is 14.7. The van der Waals surface area contributed by atoms with E-state index in [1.54, 1.807) is 18.2 Å². The molecule has 1 aliphatic rings. The molecule has 0 aromatic heterocycles. The number of para-hydroxylation sites is 1. The molecule has 2 aromatic carbocycles. The number of nitrogens with zero attached hydrogens (tertiary/aromatic N) is 1. The highest BCUT2D eigenvalue weighted by atomic mass is 35.5. The summed E-state index contributed by atoms with van der Waals surface area (Å²) in [5.41, 5.74) is 2.09. The van der Waals surface area contributed by atoms with E-state index < -0.39 is 5.97 Å². The van der Waals surface area contributed by atoms with Gasteiger partial charge in [-0.3, -0.25) is 4.90 Å². The number of rotatable bonds is 7. The van der Waals surface area contributed by atoms with Gasteiger partial charge in [0.25, 0.3) is 0 Å². The average molecular weight is 390 g/mol. The first-order valence-electron chi connectivity index (χ1n) is 8.76. The van der Waals surface area contributed by atoms with Gasteiger partial charge >= 0.3 is 5.97 Å². The molecule has 27 heavy (non-hydrogen) atoms. The SMILES string of the molecule is Cl.O=C(O)c1cccc(/C=C/c2ccccc2OCCN2CCOCC2)c1. The molecule has 1 fully saturated rings. The van der Waals surface area contributed by atoms with Crippen molar-refractivity contribution in [3.63, 3.8) is 0 Å². The first-order chi connectivity index (χ1) is 12.7. The van der Waals surface area contributed by atoms with Crippen LogP contribution in [0.15, 0.2) is 48.5 Å². The minimum atomic E-state index is -0.924. The predicted molar refractivity (Wildman–Crippen MR) is 109 cm³/mol. The molecule has 1 saturated heterocycles. The first-order valence-corrected chi connectivity index (χ1v) is 8.76. The smallest absolute Gasteiger partial charge is 0.335 e.